The van der Waals surface area contributed by atoms with Crippen LogP contribution in [0.25, 0.3) is 178 Å². The molecule has 0 bridgehead atoms. The van der Waals surface area contributed by atoms with Crippen molar-refractivity contribution in [3.63, 3.8) is 0 Å². The maximum atomic E-state index is 6.35. The average molecular weight is 1570 g/mol. The molecule has 0 spiro atoms. The van der Waals surface area contributed by atoms with E-state index in [0.29, 0.717) is 34.7 Å². The highest BCUT2D eigenvalue weighted by molar-refractivity contribution is 6.12. The van der Waals surface area contributed by atoms with Crippen molar-refractivity contribution in [2.24, 2.45) is 28.2 Å². The summed E-state index contributed by atoms with van der Waals surface area (Å²) in [5.74, 6) is 1.41. The van der Waals surface area contributed by atoms with Crippen LogP contribution in [0.5, 0.6) is 0 Å². The van der Waals surface area contributed by atoms with Gasteiger partial charge >= 0.3 is 0 Å². The van der Waals surface area contributed by atoms with Crippen molar-refractivity contribution in [3.8, 4) is 89.5 Å². The number of nitrogens with zero attached hydrogens (tertiary/aromatic N) is 8. The Morgan fingerprint density at radius 1 is 0.283 bits per heavy atom. The molecule has 12 heteroatoms. The summed E-state index contributed by atoms with van der Waals surface area (Å²) < 4.78 is 33.9. The molecule has 8 aromatic carbocycles. The number of pyridine rings is 8. The summed E-state index contributed by atoms with van der Waals surface area (Å²) in [6.45, 7) is 12.6. The zero-order chi connectivity index (χ0) is 81.8. The molecule has 2 aliphatic rings. The van der Waals surface area contributed by atoms with Crippen molar-refractivity contribution in [2.45, 2.75) is 105 Å². The lowest BCUT2D eigenvalue weighted by Crippen LogP contribution is -2.31. The molecule has 0 radical (unpaired) electrons. The van der Waals surface area contributed by atoms with Gasteiger partial charge in [0.1, 0.15) is 28.2 Å². The first-order valence-electron chi connectivity index (χ1n) is 42.1. The fourth-order valence-corrected chi connectivity index (χ4v) is 18.5. The lowest BCUT2D eigenvalue weighted by atomic mass is 9.91. The molecular weight excluding hydrogens is 1470 g/mol. The first-order chi connectivity index (χ1) is 58.6. The van der Waals surface area contributed by atoms with Gasteiger partial charge in [0.05, 0.1) is 27.8 Å². The van der Waals surface area contributed by atoms with E-state index in [4.69, 9.17) is 17.7 Å². The third-order valence-corrected chi connectivity index (χ3v) is 24.9. The van der Waals surface area contributed by atoms with E-state index in [-0.39, 0.29) is 0 Å². The second-order valence-corrected chi connectivity index (χ2v) is 32.8. The van der Waals surface area contributed by atoms with Crippen LogP contribution in [0, 0.1) is 41.5 Å². The Morgan fingerprint density at radius 2 is 0.683 bits per heavy atom. The van der Waals surface area contributed by atoms with Crippen molar-refractivity contribution < 1.29 is 35.9 Å². The molecule has 0 saturated heterocycles. The summed E-state index contributed by atoms with van der Waals surface area (Å²) in [7, 11) is 8.39. The lowest BCUT2D eigenvalue weighted by Gasteiger charge is -2.14. The van der Waals surface area contributed by atoms with Crippen molar-refractivity contribution in [3.05, 3.63) is 337 Å². The predicted molar refractivity (Wildman–Crippen MR) is 485 cm³/mol. The minimum absolute atomic E-state index is 0.692. The van der Waals surface area contributed by atoms with Crippen LogP contribution >= 0.6 is 0 Å². The molecule has 2 fully saturated rings. The van der Waals surface area contributed by atoms with Crippen LogP contribution in [0.3, 0.4) is 0 Å². The van der Waals surface area contributed by atoms with E-state index in [2.05, 4.69) is 337 Å². The molecule has 2 saturated carbocycles. The van der Waals surface area contributed by atoms with E-state index in [1.54, 1.807) is 12.4 Å². The van der Waals surface area contributed by atoms with Crippen LogP contribution in [0.4, 0.5) is 0 Å². The van der Waals surface area contributed by atoms with Gasteiger partial charge in [-0.1, -0.05) is 183 Å². The predicted octanol–water partition coefficient (Wildman–Crippen LogP) is 25.7. The van der Waals surface area contributed by atoms with E-state index < -0.39 is 0 Å². The Kier molecular flexibility index (Phi) is 20.5. The van der Waals surface area contributed by atoms with Gasteiger partial charge in [0.2, 0.25) is 45.6 Å². The molecule has 0 N–H and O–H groups in total. The summed E-state index contributed by atoms with van der Waals surface area (Å²) in [6, 6.07) is 90.5. The maximum Gasteiger partial charge on any atom is 0.227 e. The minimum atomic E-state index is 0.692. The maximum absolute atomic E-state index is 6.35. The highest BCUT2D eigenvalue weighted by Gasteiger charge is 2.30. The van der Waals surface area contributed by atoms with Gasteiger partial charge in [-0.2, -0.15) is 0 Å². The van der Waals surface area contributed by atoms with E-state index in [1.165, 1.54) is 135 Å². The molecule has 12 aromatic heterocycles. The SMILES string of the molecule is Cc1ccc2c(n1)oc1c(-c3cc(-c4ccccc4)cc[n+]3C)c(C)ccc12.Cc1ccc2c(n1)oc1c(-c3ccc(-c4ccccc4)c[n+]3C)c(C)ccc12.Cc1ccc2c(oc3ncccc32)c1-c1c(-c2cccc(C3CCCC3)c2)ccc[n+]1C.Cc1ccc2c(oc3ncccc32)c1-c1cc(-c2cccc(C3CCCC3)c2)cc[n+]1C. The van der Waals surface area contributed by atoms with Gasteiger partial charge in [0.25, 0.3) is 0 Å². The first-order valence-corrected chi connectivity index (χ1v) is 42.1. The van der Waals surface area contributed by atoms with Gasteiger partial charge in [0.15, 0.2) is 47.1 Å². The van der Waals surface area contributed by atoms with Crippen molar-refractivity contribution in [1.82, 2.24) is 19.9 Å². The van der Waals surface area contributed by atoms with Crippen molar-refractivity contribution in [2.75, 3.05) is 0 Å². The topological polar surface area (TPSA) is 120 Å². The van der Waals surface area contributed by atoms with Gasteiger partial charge in [-0.25, -0.2) is 38.2 Å². The molecule has 0 amide bonds. The summed E-state index contributed by atoms with van der Waals surface area (Å²) >= 11 is 0. The molecule has 22 rings (SSSR count). The Bertz CT molecular complexity index is 7320. The summed E-state index contributed by atoms with van der Waals surface area (Å²) in [4.78, 5) is 18.1. The summed E-state index contributed by atoms with van der Waals surface area (Å²) in [5, 5.41) is 8.68. The molecule has 120 heavy (non-hydrogen) atoms. The largest absolute Gasteiger partial charge is 0.437 e. The molecule has 12 heterocycles. The minimum Gasteiger partial charge on any atom is -0.437 e. The number of aryl methyl sites for hydroxylation is 10. The van der Waals surface area contributed by atoms with Gasteiger partial charge in [0, 0.05) is 109 Å². The molecule has 0 atom stereocenters. The highest BCUT2D eigenvalue weighted by atomic mass is 16.4. The fourth-order valence-electron chi connectivity index (χ4n) is 18.5. The monoisotopic (exact) mass is 1570 g/mol. The molecular formula is C108H96N8O4+4. The van der Waals surface area contributed by atoms with Crippen LogP contribution in [-0.4, -0.2) is 19.9 Å². The lowest BCUT2D eigenvalue weighted by molar-refractivity contribution is -0.660. The number of fused-ring (bicyclic) bond motifs is 12. The second-order valence-electron chi connectivity index (χ2n) is 32.8. The van der Waals surface area contributed by atoms with Crippen LogP contribution in [-0.2, 0) is 28.2 Å². The Labute approximate surface area is 699 Å². The normalized spacial score (nSPS) is 13.1. The number of furan rings is 4. The quantitative estimate of drug-likeness (QED) is 0.124. The fraction of sp³-hybridized carbons (Fsp3) is 0.185. The number of rotatable bonds is 10. The number of hydrogen-bond donors (Lipinski definition) is 0. The molecule has 0 aliphatic heterocycles. The van der Waals surface area contributed by atoms with Crippen molar-refractivity contribution >= 4 is 88.3 Å². The first kappa shape index (κ1) is 76.2. The van der Waals surface area contributed by atoms with Gasteiger partial charge in [-0.15, -0.1) is 0 Å². The Balaban J connectivity index is 0.000000106. The zero-order valence-electron chi connectivity index (χ0n) is 69.7. The van der Waals surface area contributed by atoms with Gasteiger partial charge in [-0.3, -0.25) is 0 Å². The van der Waals surface area contributed by atoms with Gasteiger partial charge in [-0.05, 0) is 206 Å². The van der Waals surface area contributed by atoms with E-state index >= 15 is 0 Å². The number of aromatic nitrogens is 8. The number of benzene rings is 8. The molecule has 0 unspecified atom stereocenters. The van der Waals surface area contributed by atoms with E-state index in [0.717, 1.165) is 116 Å². The summed E-state index contributed by atoms with van der Waals surface area (Å²) in [6.07, 6.45) is 22.8. The Morgan fingerprint density at radius 3 is 1.18 bits per heavy atom. The van der Waals surface area contributed by atoms with E-state index in [9.17, 15) is 0 Å². The number of hydrogen-bond acceptors (Lipinski definition) is 8. The standard InChI is InChI=1S/2C29H27N2O.2C25H21N2O/c1-19-14-15-24-25-12-6-16-30-29(25)32-28(24)26(19)27-23(13-7-17-31(27)2)22-11-5-10-21(18-22)20-8-3-4-9-20;1-19-12-13-24-25-11-6-15-30-29(25)32-28(24)27(19)26-18-23(14-16-31(26)2)22-10-5-9-21(17-22)20-7-3-4-8-20;1-16-9-12-20-21-13-10-17(2)26-25(21)28-24(20)23(16)22-14-11-19(15-27(22)3)18-7-5-4-6-8-18;1-16-9-11-20-21-12-10-17(2)26-25(21)28-24(20)23(16)22-15-19(13-14-27(22)3)18-7-5-4-6-8-18/h5-7,10-18,20H,3-4,8-9H2,1-2H3;5-6,9-18,20H,3-4,7-8H2,1-2H3;2*4-15H,1-3H3/q4*+1. The van der Waals surface area contributed by atoms with Crippen molar-refractivity contribution in [1.29, 1.82) is 0 Å². The molecule has 20 aromatic rings. The second kappa shape index (κ2) is 32.2. The van der Waals surface area contributed by atoms with Crippen LogP contribution in [0.15, 0.2) is 310 Å². The Hall–Kier alpha value is -13.8. The van der Waals surface area contributed by atoms with E-state index in [1.807, 2.05) is 50.2 Å². The third kappa shape index (κ3) is 14.4. The molecule has 12 nitrogen and oxygen atoms in total. The zero-order valence-corrected chi connectivity index (χ0v) is 69.7. The third-order valence-electron chi connectivity index (χ3n) is 24.9. The smallest absolute Gasteiger partial charge is 0.227 e. The van der Waals surface area contributed by atoms with Crippen LogP contribution in [0.1, 0.15) is 108 Å². The van der Waals surface area contributed by atoms with Crippen LogP contribution < -0.4 is 18.3 Å². The van der Waals surface area contributed by atoms with Crippen LogP contribution in [0.2, 0.25) is 0 Å². The highest BCUT2D eigenvalue weighted by Crippen LogP contribution is 2.45. The summed E-state index contributed by atoms with van der Waals surface area (Å²) in [5.41, 5.74) is 35.0. The van der Waals surface area contributed by atoms with Gasteiger partial charge < -0.3 is 17.7 Å². The molecule has 2 aliphatic carbocycles. The molecule has 588 valence electrons. The average Bonchev–Trinajstić information content (AvgIpc) is 1.51.